The normalized spacial score (nSPS) is 13.2. The van der Waals surface area contributed by atoms with Crippen molar-refractivity contribution in [3.8, 4) is 0 Å². The Bertz CT molecular complexity index is 681. The molecule has 1 aromatic rings. The van der Waals surface area contributed by atoms with Crippen LogP contribution >= 0.6 is 0 Å². The Kier molecular flexibility index (Phi) is 4.93. The van der Waals surface area contributed by atoms with Gasteiger partial charge in [-0.2, -0.15) is 13.2 Å². The number of carboxylic acids is 1. The van der Waals surface area contributed by atoms with Gasteiger partial charge in [-0.25, -0.2) is 17.9 Å². The molecule has 0 aliphatic rings. The molecule has 9 heteroatoms. The summed E-state index contributed by atoms with van der Waals surface area (Å²) in [6.07, 6.45) is -5.89. The van der Waals surface area contributed by atoms with Crippen LogP contribution < -0.4 is 4.72 Å². The molecular formula is C13H16F3NO4S. The molecule has 0 saturated heterocycles. The molecule has 0 fully saturated rings. The fourth-order valence-corrected chi connectivity index (χ4v) is 3.40. The third-order valence-electron chi connectivity index (χ3n) is 2.80. The first-order valence-corrected chi connectivity index (χ1v) is 7.66. The highest BCUT2D eigenvalue weighted by molar-refractivity contribution is 7.89. The lowest BCUT2D eigenvalue weighted by Gasteiger charge is -2.27. The van der Waals surface area contributed by atoms with Gasteiger partial charge in [-0.3, -0.25) is 0 Å². The second kappa shape index (κ2) is 5.88. The van der Waals surface area contributed by atoms with E-state index in [0.29, 0.717) is 5.56 Å². The second-order valence-electron chi connectivity index (χ2n) is 5.56. The Morgan fingerprint density at radius 1 is 1.27 bits per heavy atom. The first-order chi connectivity index (χ1) is 9.73. The van der Waals surface area contributed by atoms with Crippen LogP contribution in [0.3, 0.4) is 0 Å². The van der Waals surface area contributed by atoms with Gasteiger partial charge in [-0.15, -0.1) is 0 Å². The van der Waals surface area contributed by atoms with Crippen molar-refractivity contribution in [2.24, 2.45) is 0 Å². The first kappa shape index (κ1) is 18.4. The summed E-state index contributed by atoms with van der Waals surface area (Å²) < 4.78 is 63.6. The lowest BCUT2D eigenvalue weighted by Crippen LogP contribution is -2.46. The molecule has 0 heterocycles. The summed E-state index contributed by atoms with van der Waals surface area (Å²) in [6.45, 7) is 3.69. The molecule has 0 atom stereocenters. The predicted octanol–water partition coefficient (Wildman–Crippen LogP) is 2.70. The Morgan fingerprint density at radius 2 is 1.82 bits per heavy atom. The van der Waals surface area contributed by atoms with Crippen molar-refractivity contribution in [1.82, 2.24) is 4.72 Å². The van der Waals surface area contributed by atoms with Crippen molar-refractivity contribution < 1.29 is 31.5 Å². The number of aryl methyl sites for hydroxylation is 1. The van der Waals surface area contributed by atoms with Gasteiger partial charge in [-0.1, -0.05) is 6.07 Å². The van der Waals surface area contributed by atoms with Crippen LogP contribution in [-0.4, -0.2) is 31.2 Å². The summed E-state index contributed by atoms with van der Waals surface area (Å²) in [4.78, 5) is 10.6. The molecule has 22 heavy (non-hydrogen) atoms. The minimum atomic E-state index is -4.54. The number of hydrogen-bond acceptors (Lipinski definition) is 3. The summed E-state index contributed by atoms with van der Waals surface area (Å²) in [5.74, 6) is -1.32. The zero-order valence-corrected chi connectivity index (χ0v) is 13.0. The molecule has 0 amide bonds. The smallest absolute Gasteiger partial charge is 0.390 e. The highest BCUT2D eigenvalue weighted by atomic mass is 32.2. The van der Waals surface area contributed by atoms with Gasteiger partial charge in [0.05, 0.1) is 16.9 Å². The number of rotatable bonds is 5. The third-order valence-corrected chi connectivity index (χ3v) is 4.50. The molecule has 124 valence electrons. The number of aromatic carboxylic acids is 1. The van der Waals surface area contributed by atoms with E-state index < -0.39 is 39.0 Å². The molecule has 0 aliphatic heterocycles. The zero-order valence-electron chi connectivity index (χ0n) is 12.2. The number of carboxylic acid groups (broad SMARTS) is 1. The quantitative estimate of drug-likeness (QED) is 0.864. The largest absolute Gasteiger partial charge is 0.478 e. The van der Waals surface area contributed by atoms with Crippen LogP contribution in [0.5, 0.6) is 0 Å². The van der Waals surface area contributed by atoms with Crippen LogP contribution in [0.4, 0.5) is 13.2 Å². The molecule has 0 aromatic heterocycles. The van der Waals surface area contributed by atoms with Crippen molar-refractivity contribution in [2.45, 2.75) is 43.8 Å². The first-order valence-electron chi connectivity index (χ1n) is 6.18. The fraction of sp³-hybridized carbons (Fsp3) is 0.462. The topological polar surface area (TPSA) is 83.5 Å². The Morgan fingerprint density at radius 3 is 2.27 bits per heavy atom. The SMILES string of the molecule is Cc1ccc(S(=O)(=O)NC(C)(C)CC(F)(F)F)cc1C(=O)O. The summed E-state index contributed by atoms with van der Waals surface area (Å²) in [6, 6.07) is 3.35. The number of halogens is 3. The minimum Gasteiger partial charge on any atom is -0.478 e. The van der Waals surface area contributed by atoms with E-state index in [4.69, 9.17) is 5.11 Å². The van der Waals surface area contributed by atoms with Crippen molar-refractivity contribution in [1.29, 1.82) is 0 Å². The molecule has 2 N–H and O–H groups in total. The number of carbonyl (C=O) groups is 1. The van der Waals surface area contributed by atoms with E-state index in [2.05, 4.69) is 0 Å². The van der Waals surface area contributed by atoms with E-state index in [1.54, 1.807) is 0 Å². The predicted molar refractivity (Wildman–Crippen MR) is 73.2 cm³/mol. The van der Waals surface area contributed by atoms with E-state index >= 15 is 0 Å². The second-order valence-corrected chi connectivity index (χ2v) is 7.25. The Labute approximate surface area is 126 Å². The van der Waals surface area contributed by atoms with E-state index in [-0.39, 0.29) is 5.56 Å². The lowest BCUT2D eigenvalue weighted by molar-refractivity contribution is -0.145. The summed E-state index contributed by atoms with van der Waals surface area (Å²) in [5.41, 5.74) is -1.64. The fourth-order valence-electron chi connectivity index (χ4n) is 1.96. The van der Waals surface area contributed by atoms with Crippen molar-refractivity contribution >= 4 is 16.0 Å². The minimum absolute atomic E-state index is 0.225. The van der Waals surface area contributed by atoms with Crippen molar-refractivity contribution in [2.75, 3.05) is 0 Å². The van der Waals surface area contributed by atoms with Gasteiger partial charge in [-0.05, 0) is 38.5 Å². The lowest BCUT2D eigenvalue weighted by atomic mass is 10.0. The van der Waals surface area contributed by atoms with Crippen LogP contribution in [-0.2, 0) is 10.0 Å². The molecule has 1 aromatic carbocycles. The molecule has 1 rings (SSSR count). The number of nitrogens with one attached hydrogen (secondary N) is 1. The van der Waals surface area contributed by atoms with Gasteiger partial charge in [0.2, 0.25) is 10.0 Å². The molecule has 0 aliphatic carbocycles. The third kappa shape index (κ3) is 4.99. The maximum absolute atomic E-state index is 12.4. The van der Waals surface area contributed by atoms with Crippen LogP contribution in [0.2, 0.25) is 0 Å². The molecule has 0 spiro atoms. The zero-order chi connectivity index (χ0) is 17.3. The maximum Gasteiger partial charge on any atom is 0.390 e. The van der Waals surface area contributed by atoms with E-state index in [9.17, 15) is 26.4 Å². The van der Waals surface area contributed by atoms with Crippen LogP contribution in [0.25, 0.3) is 0 Å². The average molecular weight is 339 g/mol. The number of sulfonamides is 1. The van der Waals surface area contributed by atoms with E-state index in [1.165, 1.54) is 13.0 Å². The number of alkyl halides is 3. The number of hydrogen-bond donors (Lipinski definition) is 2. The van der Waals surface area contributed by atoms with Gasteiger partial charge in [0.25, 0.3) is 0 Å². The monoisotopic (exact) mass is 339 g/mol. The highest BCUT2D eigenvalue weighted by Crippen LogP contribution is 2.28. The van der Waals surface area contributed by atoms with Crippen molar-refractivity contribution in [3.63, 3.8) is 0 Å². The van der Waals surface area contributed by atoms with Crippen LogP contribution in [0.1, 0.15) is 36.2 Å². The Balaban J connectivity index is 3.15. The highest BCUT2D eigenvalue weighted by Gasteiger charge is 2.39. The van der Waals surface area contributed by atoms with Crippen LogP contribution in [0.15, 0.2) is 23.1 Å². The molecule has 0 bridgehead atoms. The standard InChI is InChI=1S/C13H16F3NO4S/c1-8-4-5-9(6-10(8)11(18)19)22(20,21)17-12(2,3)7-13(14,15)16/h4-6,17H,7H2,1-3H3,(H,18,19). The molecule has 0 radical (unpaired) electrons. The van der Waals surface area contributed by atoms with Crippen LogP contribution in [0, 0.1) is 6.92 Å². The van der Waals surface area contributed by atoms with Crippen molar-refractivity contribution in [3.05, 3.63) is 29.3 Å². The van der Waals surface area contributed by atoms with E-state index in [0.717, 1.165) is 26.0 Å². The van der Waals surface area contributed by atoms with E-state index in [1.807, 2.05) is 4.72 Å². The summed E-state index contributed by atoms with van der Waals surface area (Å²) in [5, 5.41) is 8.98. The maximum atomic E-state index is 12.4. The molecule has 0 unspecified atom stereocenters. The number of benzene rings is 1. The van der Waals surface area contributed by atoms with Gasteiger partial charge in [0.15, 0.2) is 0 Å². The van der Waals surface area contributed by atoms with Gasteiger partial charge in [0.1, 0.15) is 0 Å². The van der Waals surface area contributed by atoms with Gasteiger partial charge >= 0.3 is 12.1 Å². The molecule has 0 saturated carbocycles. The summed E-state index contributed by atoms with van der Waals surface area (Å²) >= 11 is 0. The Hall–Kier alpha value is -1.61. The molecule has 5 nitrogen and oxygen atoms in total. The van der Waals surface area contributed by atoms with Gasteiger partial charge in [0, 0.05) is 5.54 Å². The van der Waals surface area contributed by atoms with Gasteiger partial charge < -0.3 is 5.11 Å². The molecular weight excluding hydrogens is 323 g/mol. The summed E-state index contributed by atoms with van der Waals surface area (Å²) in [7, 11) is -4.28. The average Bonchev–Trinajstić information content (AvgIpc) is 2.23.